The Hall–Kier alpha value is -5.35. The number of sulfonamides is 1. The minimum absolute atomic E-state index is 0.344. The Labute approximate surface area is 265 Å². The number of morpholine rings is 1. The number of para-hydroxylation sites is 1. The third-order valence-electron chi connectivity index (χ3n) is 7.12. The van der Waals surface area contributed by atoms with Gasteiger partial charge in [-0.3, -0.25) is 9.20 Å². The Morgan fingerprint density at radius 2 is 1.68 bits per heavy atom. The van der Waals surface area contributed by atoms with Crippen molar-refractivity contribution in [1.29, 1.82) is 0 Å². The molecular formula is C31H25F3N6O6S. The Morgan fingerprint density at radius 3 is 2.43 bits per heavy atom. The summed E-state index contributed by atoms with van der Waals surface area (Å²) in [7, 11) is -4.49. The molecule has 1 amide bonds. The SMILES string of the molecule is O=C(COC(=O)C(F)(F)F)NS(=O)(=O)c1ccc(-c2cnc(N3CCOCC3)c3nc(/C=C/c4ccc5ccccc5n4)cn23)cc1. The fourth-order valence-corrected chi connectivity index (χ4v) is 5.85. The minimum Gasteiger partial charge on any atom is -0.449 e. The van der Waals surface area contributed by atoms with E-state index in [9.17, 15) is 31.2 Å². The molecule has 47 heavy (non-hydrogen) atoms. The summed E-state index contributed by atoms with van der Waals surface area (Å²) < 4.78 is 75.0. The van der Waals surface area contributed by atoms with Crippen LogP contribution in [0.5, 0.6) is 0 Å². The highest BCUT2D eigenvalue weighted by Gasteiger charge is 2.41. The van der Waals surface area contributed by atoms with Gasteiger partial charge >= 0.3 is 12.1 Å². The number of esters is 1. The number of carbonyl (C=O) groups is 2. The van der Waals surface area contributed by atoms with E-state index in [1.807, 2.05) is 59.1 Å². The lowest BCUT2D eigenvalue weighted by atomic mass is 10.1. The number of alkyl halides is 3. The molecule has 1 aliphatic rings. The monoisotopic (exact) mass is 666 g/mol. The number of amides is 1. The molecule has 5 aromatic rings. The molecule has 12 nitrogen and oxygen atoms in total. The molecule has 1 saturated heterocycles. The molecule has 0 saturated carbocycles. The summed E-state index contributed by atoms with van der Waals surface area (Å²) in [6, 6.07) is 17.1. The van der Waals surface area contributed by atoms with Crippen molar-refractivity contribution in [1.82, 2.24) is 24.1 Å². The van der Waals surface area contributed by atoms with E-state index in [-0.39, 0.29) is 4.90 Å². The lowest BCUT2D eigenvalue weighted by molar-refractivity contribution is -0.199. The summed E-state index contributed by atoms with van der Waals surface area (Å²) in [4.78, 5) is 38.6. The van der Waals surface area contributed by atoms with Gasteiger partial charge in [0.2, 0.25) is 0 Å². The van der Waals surface area contributed by atoms with Crippen LogP contribution in [-0.4, -0.2) is 78.7 Å². The molecule has 0 atom stereocenters. The van der Waals surface area contributed by atoms with Crippen LogP contribution in [0.4, 0.5) is 19.0 Å². The minimum atomic E-state index is -5.32. The number of pyridine rings is 1. The van der Waals surface area contributed by atoms with Crippen molar-refractivity contribution >= 4 is 56.4 Å². The average Bonchev–Trinajstić information content (AvgIpc) is 3.50. The number of nitrogens with zero attached hydrogens (tertiary/aromatic N) is 5. The van der Waals surface area contributed by atoms with Crippen molar-refractivity contribution < 1.29 is 40.7 Å². The maximum atomic E-state index is 12.7. The van der Waals surface area contributed by atoms with Gasteiger partial charge in [0.15, 0.2) is 18.1 Å². The highest BCUT2D eigenvalue weighted by Crippen LogP contribution is 2.28. The number of anilines is 1. The normalized spacial score (nSPS) is 14.1. The molecule has 2 aromatic carbocycles. The number of halogens is 3. The maximum Gasteiger partial charge on any atom is 0.490 e. The van der Waals surface area contributed by atoms with Crippen LogP contribution in [0.3, 0.4) is 0 Å². The first-order chi connectivity index (χ1) is 22.5. The fourth-order valence-electron chi connectivity index (χ4n) is 4.88. The molecule has 0 aliphatic carbocycles. The maximum absolute atomic E-state index is 12.7. The van der Waals surface area contributed by atoms with Crippen molar-refractivity contribution in [3.8, 4) is 11.3 Å². The molecule has 1 aliphatic heterocycles. The zero-order valence-electron chi connectivity index (χ0n) is 24.3. The molecule has 3 aromatic heterocycles. The molecule has 0 unspecified atom stereocenters. The van der Waals surface area contributed by atoms with E-state index in [2.05, 4.69) is 19.6 Å². The van der Waals surface area contributed by atoms with Crippen LogP contribution in [0, 0.1) is 0 Å². The van der Waals surface area contributed by atoms with Gasteiger partial charge in [-0.2, -0.15) is 13.2 Å². The zero-order valence-corrected chi connectivity index (χ0v) is 25.2. The molecular weight excluding hydrogens is 641 g/mol. The second-order valence-corrected chi connectivity index (χ2v) is 12.0. The van der Waals surface area contributed by atoms with E-state index in [0.717, 1.165) is 16.6 Å². The van der Waals surface area contributed by atoms with Crippen LogP contribution >= 0.6 is 0 Å². The first-order valence-corrected chi connectivity index (χ1v) is 15.6. The Balaban J connectivity index is 1.28. The first-order valence-electron chi connectivity index (χ1n) is 14.1. The van der Waals surface area contributed by atoms with E-state index in [4.69, 9.17) is 9.72 Å². The molecule has 1 fully saturated rings. The number of hydrogen-bond acceptors (Lipinski definition) is 10. The smallest absolute Gasteiger partial charge is 0.449 e. The number of carbonyl (C=O) groups excluding carboxylic acids is 2. The molecule has 16 heteroatoms. The standard InChI is InChI=1S/C31H25F3N6O6S/c32-31(33,34)30(42)46-19-27(41)38-47(43,44)24-11-6-21(7-12-24)26-17-35-28(39-13-15-45-16-14-39)29-37-23(18-40(26)29)10-9-22-8-5-20-3-1-2-4-25(20)36-22/h1-12,17-18H,13-16,19H2,(H,38,41)/b10-9+. The van der Waals surface area contributed by atoms with Crippen molar-refractivity contribution in [3.63, 3.8) is 0 Å². The summed E-state index contributed by atoms with van der Waals surface area (Å²) >= 11 is 0. The van der Waals surface area contributed by atoms with E-state index in [1.54, 1.807) is 10.9 Å². The van der Waals surface area contributed by atoms with E-state index >= 15 is 0 Å². The summed E-state index contributed by atoms with van der Waals surface area (Å²) in [5.41, 5.74) is 3.94. The van der Waals surface area contributed by atoms with E-state index in [1.165, 1.54) is 24.3 Å². The molecule has 0 spiro atoms. The molecule has 6 rings (SSSR count). The number of imidazole rings is 1. The number of nitrogens with one attached hydrogen (secondary N) is 1. The van der Waals surface area contributed by atoms with Crippen molar-refractivity contribution in [2.75, 3.05) is 37.8 Å². The summed E-state index contributed by atoms with van der Waals surface area (Å²) in [5, 5.41) is 1.02. The number of rotatable bonds is 8. The third kappa shape index (κ3) is 7.07. The van der Waals surface area contributed by atoms with Crippen LogP contribution in [0.25, 0.3) is 40.0 Å². The fraction of sp³-hybridized carbons (Fsp3) is 0.194. The molecule has 1 N–H and O–H groups in total. The lowest BCUT2D eigenvalue weighted by Gasteiger charge is -2.28. The second-order valence-electron chi connectivity index (χ2n) is 10.3. The predicted molar refractivity (Wildman–Crippen MR) is 164 cm³/mol. The lowest BCUT2D eigenvalue weighted by Crippen LogP contribution is -2.37. The molecule has 4 heterocycles. The van der Waals surface area contributed by atoms with Crippen LogP contribution in [0.2, 0.25) is 0 Å². The van der Waals surface area contributed by atoms with E-state index in [0.29, 0.717) is 54.7 Å². The third-order valence-corrected chi connectivity index (χ3v) is 8.51. The van der Waals surface area contributed by atoms with Gasteiger partial charge in [-0.1, -0.05) is 36.4 Å². The average molecular weight is 667 g/mol. The topological polar surface area (TPSA) is 145 Å². The van der Waals surface area contributed by atoms with Gasteiger partial charge in [0.25, 0.3) is 15.9 Å². The molecule has 0 bridgehead atoms. The summed E-state index contributed by atoms with van der Waals surface area (Å²) in [6.45, 7) is 0.883. The van der Waals surface area contributed by atoms with E-state index < -0.39 is 34.7 Å². The highest BCUT2D eigenvalue weighted by molar-refractivity contribution is 7.90. The van der Waals surface area contributed by atoms with Crippen molar-refractivity contribution in [3.05, 3.63) is 84.4 Å². The predicted octanol–water partition coefficient (Wildman–Crippen LogP) is 3.86. The van der Waals surface area contributed by atoms with Crippen LogP contribution in [0.15, 0.2) is 78.0 Å². The zero-order chi connectivity index (χ0) is 33.2. The summed E-state index contributed by atoms with van der Waals surface area (Å²) in [5.74, 6) is -3.42. The highest BCUT2D eigenvalue weighted by atomic mass is 32.2. The largest absolute Gasteiger partial charge is 0.490 e. The van der Waals surface area contributed by atoms with Gasteiger partial charge in [0, 0.05) is 30.2 Å². The molecule has 242 valence electrons. The number of ether oxygens (including phenoxy) is 2. The number of fused-ring (bicyclic) bond motifs is 2. The van der Waals surface area contributed by atoms with Gasteiger partial charge < -0.3 is 14.4 Å². The molecule has 0 radical (unpaired) electrons. The quantitative estimate of drug-likeness (QED) is 0.243. The number of benzene rings is 2. The first kappa shape index (κ1) is 31.6. The van der Waals surface area contributed by atoms with Gasteiger partial charge in [0.05, 0.1) is 46.9 Å². The van der Waals surface area contributed by atoms with Gasteiger partial charge in [0.1, 0.15) is 0 Å². The summed E-state index contributed by atoms with van der Waals surface area (Å²) in [6.07, 6.45) is 1.82. The number of aromatic nitrogens is 4. The number of hydrogen-bond donors (Lipinski definition) is 1. The van der Waals surface area contributed by atoms with Gasteiger partial charge in [-0.15, -0.1) is 0 Å². The van der Waals surface area contributed by atoms with Crippen molar-refractivity contribution in [2.24, 2.45) is 0 Å². The van der Waals surface area contributed by atoms with Crippen LogP contribution < -0.4 is 9.62 Å². The van der Waals surface area contributed by atoms with Crippen molar-refractivity contribution in [2.45, 2.75) is 11.1 Å². The Bertz CT molecular complexity index is 2110. The Morgan fingerprint density at radius 1 is 0.957 bits per heavy atom. The second kappa shape index (κ2) is 12.8. The van der Waals surface area contributed by atoms with Crippen LogP contribution in [0.1, 0.15) is 11.4 Å². The van der Waals surface area contributed by atoms with Gasteiger partial charge in [-0.25, -0.2) is 32.9 Å². The van der Waals surface area contributed by atoms with Crippen LogP contribution in [-0.2, 0) is 29.1 Å². The van der Waals surface area contributed by atoms with Gasteiger partial charge in [-0.05, 0) is 36.4 Å². The Kier molecular flexibility index (Phi) is 8.62.